The van der Waals surface area contributed by atoms with Crippen LogP contribution in [-0.4, -0.2) is 39.0 Å². The first-order valence-electron chi connectivity index (χ1n) is 10.2. The fourth-order valence-corrected chi connectivity index (χ4v) is 4.22. The van der Waals surface area contributed by atoms with Crippen LogP contribution in [0.2, 0.25) is 25.7 Å². The Bertz CT molecular complexity index is 1020. The number of fused-ring (bicyclic) bond motifs is 1. The van der Waals surface area contributed by atoms with E-state index in [1.54, 1.807) is 6.33 Å². The summed E-state index contributed by atoms with van der Waals surface area (Å²) in [4.78, 5) is 8.97. The lowest BCUT2D eigenvalue weighted by Gasteiger charge is -2.15. The average Bonchev–Trinajstić information content (AvgIpc) is 3.28. The molecule has 0 bridgehead atoms. The van der Waals surface area contributed by atoms with Crippen molar-refractivity contribution in [3.05, 3.63) is 31.0 Å². The summed E-state index contributed by atoms with van der Waals surface area (Å²) < 4.78 is 9.78. The molecule has 0 spiro atoms. The summed E-state index contributed by atoms with van der Waals surface area (Å²) in [7, 11) is -1.09. The fraction of sp³-hybridized carbons (Fsp3) is 0.524. The third-order valence-electron chi connectivity index (χ3n) is 5.43. The van der Waals surface area contributed by atoms with Gasteiger partial charge in [0.05, 0.1) is 30.4 Å². The predicted molar refractivity (Wildman–Crippen MR) is 115 cm³/mol. The standard InChI is InChI=1S/C21H28N6OSi/c1-29(2,3)9-8-28-15-26-7-6-19-20(23-14-24-21(19)26)18-11-25-27(13-18)12-17(10-22)16-4-5-16/h6-7,11,13-14,16-17H,4-5,8-9,12,15H2,1-3H3. The first-order chi connectivity index (χ1) is 13.9. The molecule has 1 aliphatic rings. The highest BCUT2D eigenvalue weighted by molar-refractivity contribution is 6.76. The number of hydrogen-bond acceptors (Lipinski definition) is 5. The summed E-state index contributed by atoms with van der Waals surface area (Å²) in [5.41, 5.74) is 2.67. The number of hydrogen-bond donors (Lipinski definition) is 0. The van der Waals surface area contributed by atoms with Gasteiger partial charge in [0.25, 0.3) is 0 Å². The van der Waals surface area contributed by atoms with Gasteiger partial charge in [-0.3, -0.25) is 4.68 Å². The van der Waals surface area contributed by atoms with Crippen LogP contribution in [0.4, 0.5) is 0 Å². The van der Waals surface area contributed by atoms with Crippen LogP contribution in [0, 0.1) is 23.2 Å². The van der Waals surface area contributed by atoms with Gasteiger partial charge in [-0.25, -0.2) is 9.97 Å². The maximum atomic E-state index is 9.37. The van der Waals surface area contributed by atoms with E-state index >= 15 is 0 Å². The molecule has 0 aliphatic heterocycles. The highest BCUT2D eigenvalue weighted by Gasteiger charge is 2.31. The van der Waals surface area contributed by atoms with Crippen LogP contribution < -0.4 is 0 Å². The van der Waals surface area contributed by atoms with Gasteiger partial charge in [0.15, 0.2) is 0 Å². The zero-order valence-electron chi connectivity index (χ0n) is 17.4. The Hall–Kier alpha value is -2.50. The van der Waals surface area contributed by atoms with Crippen LogP contribution in [0.25, 0.3) is 22.3 Å². The molecule has 1 fully saturated rings. The summed E-state index contributed by atoms with van der Waals surface area (Å²) in [6, 6.07) is 5.61. The number of nitriles is 1. The van der Waals surface area contributed by atoms with Gasteiger partial charge in [-0.1, -0.05) is 19.6 Å². The van der Waals surface area contributed by atoms with Gasteiger partial charge in [-0.2, -0.15) is 10.4 Å². The monoisotopic (exact) mass is 408 g/mol. The minimum absolute atomic E-state index is 0.0440. The normalized spacial score (nSPS) is 15.5. The van der Waals surface area contributed by atoms with Gasteiger partial charge >= 0.3 is 0 Å². The van der Waals surface area contributed by atoms with Crippen molar-refractivity contribution in [1.29, 1.82) is 5.26 Å². The molecule has 1 atom stereocenters. The second kappa shape index (κ2) is 8.09. The Balaban J connectivity index is 1.49. The molecule has 1 aliphatic carbocycles. The van der Waals surface area contributed by atoms with E-state index in [1.807, 2.05) is 33.9 Å². The second-order valence-electron chi connectivity index (χ2n) is 9.12. The van der Waals surface area contributed by atoms with Crippen LogP contribution in [0.5, 0.6) is 0 Å². The van der Waals surface area contributed by atoms with E-state index < -0.39 is 8.07 Å². The molecule has 3 aromatic rings. The fourth-order valence-electron chi connectivity index (χ4n) is 3.46. The Morgan fingerprint density at radius 3 is 2.86 bits per heavy atom. The van der Waals surface area contributed by atoms with Crippen molar-refractivity contribution in [3.63, 3.8) is 0 Å². The Morgan fingerprint density at radius 1 is 1.31 bits per heavy atom. The molecule has 0 aromatic carbocycles. The van der Waals surface area contributed by atoms with Crippen LogP contribution in [0.15, 0.2) is 31.0 Å². The SMILES string of the molecule is C[Si](C)(C)CCOCn1ccc2c(-c3cnn(CC(C#N)C4CC4)c3)ncnc21. The maximum Gasteiger partial charge on any atom is 0.145 e. The summed E-state index contributed by atoms with van der Waals surface area (Å²) in [6.45, 7) is 8.97. The second-order valence-corrected chi connectivity index (χ2v) is 14.7. The Kier molecular flexibility index (Phi) is 5.52. The molecule has 0 saturated heterocycles. The van der Waals surface area contributed by atoms with Crippen LogP contribution >= 0.6 is 0 Å². The number of aromatic nitrogens is 5. The van der Waals surface area contributed by atoms with Gasteiger partial charge in [0.1, 0.15) is 18.7 Å². The summed E-state index contributed by atoms with van der Waals surface area (Å²) in [5.74, 6) is 0.580. The van der Waals surface area contributed by atoms with Crippen LogP contribution in [0.1, 0.15) is 12.8 Å². The molecular formula is C21H28N6OSi. The van der Waals surface area contributed by atoms with Crippen molar-refractivity contribution < 1.29 is 4.74 Å². The topological polar surface area (TPSA) is 81.5 Å². The lowest BCUT2D eigenvalue weighted by molar-refractivity contribution is 0.0899. The lowest BCUT2D eigenvalue weighted by atomic mass is 10.1. The first kappa shape index (κ1) is 19.8. The summed E-state index contributed by atoms with van der Waals surface area (Å²) in [6.07, 6.45) is 9.72. The summed E-state index contributed by atoms with van der Waals surface area (Å²) >= 11 is 0. The van der Waals surface area contributed by atoms with Crippen LogP contribution in [0.3, 0.4) is 0 Å². The Morgan fingerprint density at radius 2 is 2.14 bits per heavy atom. The van der Waals surface area contributed by atoms with Gasteiger partial charge in [0.2, 0.25) is 0 Å². The van der Waals surface area contributed by atoms with Gasteiger partial charge in [-0.15, -0.1) is 0 Å². The molecule has 4 rings (SSSR count). The molecule has 0 amide bonds. The van der Waals surface area contributed by atoms with E-state index in [1.165, 1.54) is 0 Å². The van der Waals surface area contributed by atoms with Crippen molar-refractivity contribution in [1.82, 2.24) is 24.3 Å². The van der Waals surface area contributed by atoms with E-state index in [-0.39, 0.29) is 5.92 Å². The van der Waals surface area contributed by atoms with Crippen molar-refractivity contribution in [2.75, 3.05) is 6.61 Å². The molecule has 7 nitrogen and oxygen atoms in total. The number of nitrogens with zero attached hydrogens (tertiary/aromatic N) is 6. The minimum atomic E-state index is -1.09. The largest absolute Gasteiger partial charge is 0.361 e. The number of ether oxygens (including phenoxy) is 1. The van der Waals surface area contributed by atoms with Crippen molar-refractivity contribution in [2.45, 2.75) is 51.8 Å². The smallest absolute Gasteiger partial charge is 0.145 e. The van der Waals surface area contributed by atoms with Gasteiger partial charge in [0, 0.05) is 38.0 Å². The van der Waals surface area contributed by atoms with E-state index in [2.05, 4.69) is 40.8 Å². The molecule has 1 saturated carbocycles. The van der Waals surface area contributed by atoms with Crippen molar-refractivity contribution in [2.24, 2.45) is 11.8 Å². The highest BCUT2D eigenvalue weighted by Crippen LogP contribution is 2.37. The average molecular weight is 409 g/mol. The minimum Gasteiger partial charge on any atom is -0.361 e. The van der Waals surface area contributed by atoms with E-state index in [0.29, 0.717) is 19.2 Å². The number of rotatable bonds is 9. The van der Waals surface area contributed by atoms with Gasteiger partial charge < -0.3 is 9.30 Å². The van der Waals surface area contributed by atoms with E-state index in [4.69, 9.17) is 4.74 Å². The zero-order chi connectivity index (χ0) is 20.4. The third-order valence-corrected chi connectivity index (χ3v) is 7.13. The molecule has 0 radical (unpaired) electrons. The lowest BCUT2D eigenvalue weighted by Crippen LogP contribution is -2.22. The van der Waals surface area contributed by atoms with Crippen LogP contribution in [-0.2, 0) is 18.0 Å². The third kappa shape index (κ3) is 4.74. The quantitative estimate of drug-likeness (QED) is 0.392. The molecule has 29 heavy (non-hydrogen) atoms. The highest BCUT2D eigenvalue weighted by atomic mass is 28.3. The van der Waals surface area contributed by atoms with Gasteiger partial charge in [-0.05, 0) is 30.9 Å². The Labute approximate surface area is 172 Å². The van der Waals surface area contributed by atoms with Crippen molar-refractivity contribution >= 4 is 19.1 Å². The molecule has 0 N–H and O–H groups in total. The van der Waals surface area contributed by atoms with E-state index in [0.717, 1.165) is 47.8 Å². The molecule has 8 heteroatoms. The first-order valence-corrected chi connectivity index (χ1v) is 14.0. The maximum absolute atomic E-state index is 9.37. The molecule has 152 valence electrons. The molecule has 1 unspecified atom stereocenters. The molecular weight excluding hydrogens is 380 g/mol. The van der Waals surface area contributed by atoms with E-state index in [9.17, 15) is 5.26 Å². The van der Waals surface area contributed by atoms with Crippen molar-refractivity contribution in [3.8, 4) is 17.3 Å². The summed E-state index contributed by atoms with van der Waals surface area (Å²) in [5, 5.41) is 14.8. The zero-order valence-corrected chi connectivity index (χ0v) is 18.4. The predicted octanol–water partition coefficient (Wildman–Crippen LogP) is 4.16. The molecule has 3 heterocycles. The molecule has 3 aromatic heterocycles.